The summed E-state index contributed by atoms with van der Waals surface area (Å²) in [6.45, 7) is 4.46. The first kappa shape index (κ1) is 29.9. The number of pyridine rings is 2. The van der Waals surface area contributed by atoms with Gasteiger partial charge in [0.05, 0.1) is 51.9 Å². The molecule has 3 aromatic rings. The molecule has 230 valence electrons. The number of nitrogens with zero attached hydrogens (tertiary/aromatic N) is 3. The largest absolute Gasteiger partial charge is 0.476 e. The highest BCUT2D eigenvalue weighted by Crippen LogP contribution is 2.49. The minimum absolute atomic E-state index is 0.0288. The number of fused-ring (bicyclic) bond motifs is 2. The number of rotatable bonds is 7. The lowest BCUT2D eigenvalue weighted by atomic mass is 9.86. The van der Waals surface area contributed by atoms with Crippen LogP contribution in [0.2, 0.25) is 5.02 Å². The van der Waals surface area contributed by atoms with Crippen molar-refractivity contribution in [3.05, 3.63) is 69.8 Å². The van der Waals surface area contributed by atoms with Crippen molar-refractivity contribution in [1.29, 1.82) is 0 Å². The molecule has 1 aromatic carbocycles. The number of carbonyl (C=O) groups is 3. The van der Waals surface area contributed by atoms with Gasteiger partial charge >= 0.3 is 12.1 Å². The van der Waals surface area contributed by atoms with Crippen molar-refractivity contribution in [2.45, 2.75) is 70.4 Å². The Morgan fingerprint density at radius 2 is 1.84 bits per heavy atom. The lowest BCUT2D eigenvalue weighted by Gasteiger charge is -2.39. The van der Waals surface area contributed by atoms with Crippen LogP contribution in [-0.4, -0.2) is 39.5 Å². The van der Waals surface area contributed by atoms with Gasteiger partial charge in [-0.05, 0) is 75.8 Å². The average Bonchev–Trinajstić information content (AvgIpc) is 3.69. The van der Waals surface area contributed by atoms with Gasteiger partial charge in [-0.3, -0.25) is 24.5 Å². The van der Waals surface area contributed by atoms with Gasteiger partial charge in [-0.2, -0.15) is 13.2 Å². The van der Waals surface area contributed by atoms with Gasteiger partial charge in [-0.15, -0.1) is 0 Å². The van der Waals surface area contributed by atoms with Crippen LogP contribution in [0, 0.1) is 5.92 Å². The second-order valence-electron chi connectivity index (χ2n) is 12.1. The van der Waals surface area contributed by atoms with Crippen LogP contribution in [0.3, 0.4) is 0 Å². The SMILES string of the molecule is CC1(C)Oc2cc(-c3c(C(N)=O)c(CC4CC4)nc4c3C(=O)O[C@@]4(C)CC(F)(F)F)ccc2N(Cc2ccc(Cl)cn2)C1=O. The number of anilines is 1. The number of amides is 2. The van der Waals surface area contributed by atoms with Crippen molar-refractivity contribution in [3.63, 3.8) is 0 Å². The normalized spacial score (nSPS) is 20.6. The van der Waals surface area contributed by atoms with Crippen LogP contribution in [0.15, 0.2) is 36.5 Å². The number of primary amides is 1. The Labute approximate surface area is 255 Å². The molecule has 2 amide bonds. The molecule has 2 aliphatic heterocycles. The fourth-order valence-electron chi connectivity index (χ4n) is 5.87. The first-order valence-electron chi connectivity index (χ1n) is 14.0. The number of benzene rings is 1. The maximum atomic E-state index is 13.7. The molecular weight excluding hydrogens is 601 g/mol. The molecule has 2 N–H and O–H groups in total. The highest BCUT2D eigenvalue weighted by Gasteiger charge is 2.52. The maximum absolute atomic E-state index is 13.7. The number of nitrogens with two attached hydrogens (primary N) is 1. The van der Waals surface area contributed by atoms with Crippen molar-refractivity contribution in [2.75, 3.05) is 4.90 Å². The van der Waals surface area contributed by atoms with E-state index in [1.807, 2.05) is 0 Å². The van der Waals surface area contributed by atoms with Crippen LogP contribution in [0.25, 0.3) is 11.1 Å². The van der Waals surface area contributed by atoms with E-state index in [0.717, 1.165) is 12.8 Å². The fraction of sp³-hybridized carbons (Fsp3) is 0.387. The molecule has 13 heteroatoms. The summed E-state index contributed by atoms with van der Waals surface area (Å²) in [6.07, 6.45) is -2.61. The van der Waals surface area contributed by atoms with Gasteiger partial charge in [0.2, 0.25) is 0 Å². The number of hydrogen-bond donors (Lipinski definition) is 1. The highest BCUT2D eigenvalue weighted by atomic mass is 35.5. The predicted molar refractivity (Wildman–Crippen MR) is 153 cm³/mol. The van der Waals surface area contributed by atoms with E-state index >= 15 is 0 Å². The Balaban J connectivity index is 1.54. The molecule has 1 fully saturated rings. The summed E-state index contributed by atoms with van der Waals surface area (Å²) in [5.41, 5.74) is 3.42. The summed E-state index contributed by atoms with van der Waals surface area (Å²) >= 11 is 5.97. The van der Waals surface area contributed by atoms with Gasteiger partial charge in [0.15, 0.2) is 11.2 Å². The molecule has 1 aliphatic carbocycles. The second kappa shape index (κ2) is 10.2. The molecule has 0 saturated heterocycles. The average molecular weight is 629 g/mol. The Morgan fingerprint density at radius 3 is 2.45 bits per heavy atom. The maximum Gasteiger partial charge on any atom is 0.393 e. The number of ether oxygens (including phenoxy) is 2. The third kappa shape index (κ3) is 5.36. The lowest BCUT2D eigenvalue weighted by molar-refractivity contribution is -0.173. The van der Waals surface area contributed by atoms with Gasteiger partial charge in [0.25, 0.3) is 11.8 Å². The second-order valence-corrected chi connectivity index (χ2v) is 12.5. The van der Waals surface area contributed by atoms with Crippen LogP contribution < -0.4 is 15.4 Å². The van der Waals surface area contributed by atoms with Crippen LogP contribution in [0.1, 0.15) is 77.8 Å². The van der Waals surface area contributed by atoms with Gasteiger partial charge in [-0.1, -0.05) is 17.7 Å². The van der Waals surface area contributed by atoms with Crippen molar-refractivity contribution < 1.29 is 37.0 Å². The van der Waals surface area contributed by atoms with E-state index in [4.69, 9.17) is 26.8 Å². The molecule has 44 heavy (non-hydrogen) atoms. The number of esters is 1. The highest BCUT2D eigenvalue weighted by molar-refractivity contribution is 6.30. The van der Waals surface area contributed by atoms with E-state index in [-0.39, 0.29) is 57.8 Å². The smallest absolute Gasteiger partial charge is 0.393 e. The van der Waals surface area contributed by atoms with Crippen molar-refractivity contribution in [3.8, 4) is 16.9 Å². The summed E-state index contributed by atoms with van der Waals surface area (Å²) in [6, 6.07) is 8.04. The van der Waals surface area contributed by atoms with Crippen molar-refractivity contribution in [1.82, 2.24) is 9.97 Å². The van der Waals surface area contributed by atoms with Gasteiger partial charge < -0.3 is 15.2 Å². The van der Waals surface area contributed by atoms with E-state index in [9.17, 15) is 27.6 Å². The number of carbonyl (C=O) groups excluding carboxylic acids is 3. The first-order valence-corrected chi connectivity index (χ1v) is 14.4. The monoisotopic (exact) mass is 628 g/mol. The molecule has 1 saturated carbocycles. The molecule has 2 aromatic heterocycles. The van der Waals surface area contributed by atoms with Crippen molar-refractivity contribution >= 4 is 35.1 Å². The fourth-order valence-corrected chi connectivity index (χ4v) is 5.98. The zero-order valence-corrected chi connectivity index (χ0v) is 24.8. The van der Waals surface area contributed by atoms with E-state index in [0.29, 0.717) is 22.8 Å². The number of aromatic nitrogens is 2. The minimum atomic E-state index is -4.67. The molecule has 3 aliphatic rings. The molecule has 9 nitrogen and oxygen atoms in total. The van der Waals surface area contributed by atoms with Gasteiger partial charge in [0, 0.05) is 11.8 Å². The van der Waals surface area contributed by atoms with Crippen LogP contribution >= 0.6 is 11.6 Å². The molecule has 1 atom stereocenters. The number of cyclic esters (lactones) is 1. The van der Waals surface area contributed by atoms with Gasteiger partial charge in [0.1, 0.15) is 5.75 Å². The summed E-state index contributed by atoms with van der Waals surface area (Å²) in [5, 5.41) is 0.438. The minimum Gasteiger partial charge on any atom is -0.476 e. The Bertz CT molecular complexity index is 1720. The summed E-state index contributed by atoms with van der Waals surface area (Å²) in [7, 11) is 0. The molecule has 0 spiro atoms. The number of halogens is 4. The van der Waals surface area contributed by atoms with E-state index in [1.54, 1.807) is 44.2 Å². The Morgan fingerprint density at radius 1 is 1.11 bits per heavy atom. The predicted octanol–water partition coefficient (Wildman–Crippen LogP) is 5.89. The third-order valence-corrected chi connectivity index (χ3v) is 8.26. The molecule has 4 heterocycles. The summed E-state index contributed by atoms with van der Waals surface area (Å²) in [5.74, 6) is -1.83. The Kier molecular flexibility index (Phi) is 6.91. The third-order valence-electron chi connectivity index (χ3n) is 8.03. The Hall–Kier alpha value is -4.19. The first-order chi connectivity index (χ1) is 20.6. The molecule has 0 unspecified atom stereocenters. The van der Waals surface area contributed by atoms with Crippen LogP contribution in [0.5, 0.6) is 5.75 Å². The number of hydrogen-bond acceptors (Lipinski definition) is 7. The zero-order valence-electron chi connectivity index (χ0n) is 24.0. The molecule has 6 rings (SSSR count). The van der Waals surface area contributed by atoms with E-state index in [1.165, 1.54) is 18.0 Å². The molecule has 0 radical (unpaired) electrons. The van der Waals surface area contributed by atoms with Crippen molar-refractivity contribution in [2.24, 2.45) is 11.7 Å². The topological polar surface area (TPSA) is 125 Å². The van der Waals surface area contributed by atoms with Crippen LogP contribution in [0.4, 0.5) is 18.9 Å². The summed E-state index contributed by atoms with van der Waals surface area (Å²) in [4.78, 5) is 50.0. The zero-order chi connectivity index (χ0) is 31.8. The summed E-state index contributed by atoms with van der Waals surface area (Å²) < 4.78 is 52.5. The standard InChI is InChI=1S/C31H28ClF3N4O5/c1-29(2)28(42)39(13-18-8-7-17(32)12-37-18)20-9-6-16(11-21(20)43-29)22-23(26(36)40)19(10-15-4-5-15)38-25-24(22)27(41)44-30(25,3)14-31(33,34)35/h6-9,11-12,15H,4-5,10,13-14H2,1-3H3,(H2,36,40)/t30-/m0/s1. The quantitative estimate of drug-likeness (QED) is 0.324. The lowest BCUT2D eigenvalue weighted by Crippen LogP contribution is -2.52. The van der Waals surface area contributed by atoms with Gasteiger partial charge in [-0.25, -0.2) is 4.79 Å². The van der Waals surface area contributed by atoms with E-state index in [2.05, 4.69) is 9.97 Å². The molecule has 0 bridgehead atoms. The van der Waals surface area contributed by atoms with E-state index < -0.39 is 35.7 Å². The van der Waals surface area contributed by atoms with Crippen LogP contribution in [-0.2, 0) is 28.1 Å². The number of alkyl halides is 3. The molecular formula is C31H28ClF3N4O5.